The molecule has 0 spiro atoms. The van der Waals surface area contributed by atoms with Crippen LogP contribution >= 0.6 is 0 Å². The van der Waals surface area contributed by atoms with E-state index in [1.807, 2.05) is 25.1 Å². The molecule has 1 saturated heterocycles. The monoisotopic (exact) mass is 501 g/mol. The Morgan fingerprint density at radius 2 is 1.89 bits per heavy atom. The van der Waals surface area contributed by atoms with Gasteiger partial charge in [0.25, 0.3) is 0 Å². The maximum atomic E-state index is 13.4. The van der Waals surface area contributed by atoms with Crippen LogP contribution in [0.25, 0.3) is 10.9 Å². The van der Waals surface area contributed by atoms with Crippen LogP contribution in [0, 0.1) is 5.82 Å². The zero-order valence-electron chi connectivity index (χ0n) is 21.0. The van der Waals surface area contributed by atoms with Gasteiger partial charge in [-0.1, -0.05) is 12.1 Å². The van der Waals surface area contributed by atoms with E-state index in [2.05, 4.69) is 31.8 Å². The summed E-state index contributed by atoms with van der Waals surface area (Å²) in [5.41, 5.74) is 2.88. The highest BCUT2D eigenvalue weighted by molar-refractivity contribution is 5.92. The Balaban J connectivity index is 1.26. The van der Waals surface area contributed by atoms with Crippen molar-refractivity contribution in [2.45, 2.75) is 44.6 Å². The molecule has 3 heterocycles. The average Bonchev–Trinajstić information content (AvgIpc) is 3.41. The second-order valence-corrected chi connectivity index (χ2v) is 10.00. The first-order valence-electron chi connectivity index (χ1n) is 13.1. The first-order chi connectivity index (χ1) is 18.1. The number of likely N-dealkylation sites (tertiary alicyclic amines) is 1. The molecule has 2 aromatic carbocycles. The highest BCUT2D eigenvalue weighted by atomic mass is 19.1. The van der Waals surface area contributed by atoms with Crippen molar-refractivity contribution >= 4 is 28.5 Å². The number of aromatic nitrogens is 4. The molecule has 4 aromatic rings. The van der Waals surface area contributed by atoms with E-state index in [4.69, 9.17) is 14.7 Å². The lowest BCUT2D eigenvalue weighted by molar-refractivity contribution is 0.238. The maximum absolute atomic E-state index is 13.4. The predicted molar refractivity (Wildman–Crippen MR) is 143 cm³/mol. The second-order valence-electron chi connectivity index (χ2n) is 10.00. The number of rotatable bonds is 10. The summed E-state index contributed by atoms with van der Waals surface area (Å²) >= 11 is 0. The molecule has 1 aliphatic carbocycles. The van der Waals surface area contributed by atoms with E-state index in [1.54, 1.807) is 12.1 Å². The number of aromatic amines is 1. The molecule has 8 nitrogen and oxygen atoms in total. The topological polar surface area (TPSA) is 91.0 Å². The van der Waals surface area contributed by atoms with Gasteiger partial charge in [-0.3, -0.25) is 10.00 Å². The number of H-pyrrole nitrogens is 1. The van der Waals surface area contributed by atoms with Crippen LogP contribution in [-0.4, -0.2) is 51.3 Å². The van der Waals surface area contributed by atoms with Crippen LogP contribution in [0.15, 0.2) is 48.5 Å². The summed E-state index contributed by atoms with van der Waals surface area (Å²) in [6.07, 6.45) is 4.94. The van der Waals surface area contributed by atoms with Gasteiger partial charge in [-0.15, -0.1) is 0 Å². The summed E-state index contributed by atoms with van der Waals surface area (Å²) in [5.74, 6) is 2.96. The van der Waals surface area contributed by atoms with E-state index in [0.29, 0.717) is 24.3 Å². The van der Waals surface area contributed by atoms with Gasteiger partial charge in [0.2, 0.25) is 5.95 Å². The van der Waals surface area contributed by atoms with Gasteiger partial charge in [0.15, 0.2) is 5.82 Å². The van der Waals surface area contributed by atoms with Gasteiger partial charge < -0.3 is 15.4 Å². The number of fused-ring (bicyclic) bond motifs is 1. The van der Waals surface area contributed by atoms with E-state index in [1.165, 1.54) is 37.8 Å². The molecule has 0 unspecified atom stereocenters. The zero-order valence-corrected chi connectivity index (χ0v) is 21.0. The Morgan fingerprint density at radius 3 is 2.68 bits per heavy atom. The minimum Gasteiger partial charge on any atom is -0.492 e. The van der Waals surface area contributed by atoms with Crippen LogP contribution in [0.5, 0.6) is 5.75 Å². The van der Waals surface area contributed by atoms with Crippen molar-refractivity contribution in [3.8, 4) is 5.75 Å². The Kier molecular flexibility index (Phi) is 6.61. The number of nitrogens with one attached hydrogen (secondary N) is 3. The van der Waals surface area contributed by atoms with Crippen LogP contribution in [0.4, 0.5) is 22.0 Å². The highest BCUT2D eigenvalue weighted by Crippen LogP contribution is 2.40. The van der Waals surface area contributed by atoms with Gasteiger partial charge in [0.1, 0.15) is 24.0 Å². The SMILES string of the molecule is C[C@H](Nc1nc(Nc2cc(C3CC3)[nH]n2)c2cc(OCCN3CCCC3)ccc2n1)c1ccc(F)cc1. The van der Waals surface area contributed by atoms with Crippen molar-refractivity contribution in [1.82, 2.24) is 25.1 Å². The summed E-state index contributed by atoms with van der Waals surface area (Å²) < 4.78 is 19.5. The van der Waals surface area contributed by atoms with Gasteiger partial charge >= 0.3 is 0 Å². The number of nitrogens with zero attached hydrogens (tertiary/aromatic N) is 4. The summed E-state index contributed by atoms with van der Waals surface area (Å²) in [4.78, 5) is 12.0. The molecule has 0 bridgehead atoms. The van der Waals surface area contributed by atoms with Gasteiger partial charge in [0, 0.05) is 29.6 Å². The maximum Gasteiger partial charge on any atom is 0.225 e. The largest absolute Gasteiger partial charge is 0.492 e. The summed E-state index contributed by atoms with van der Waals surface area (Å²) in [5, 5.41) is 15.2. The van der Waals surface area contributed by atoms with Crippen LogP contribution in [0.3, 0.4) is 0 Å². The molecular weight excluding hydrogens is 469 g/mol. The van der Waals surface area contributed by atoms with E-state index in [-0.39, 0.29) is 11.9 Å². The lowest BCUT2D eigenvalue weighted by Crippen LogP contribution is -2.25. The predicted octanol–water partition coefficient (Wildman–Crippen LogP) is 5.76. The van der Waals surface area contributed by atoms with Gasteiger partial charge in [-0.2, -0.15) is 10.1 Å². The van der Waals surface area contributed by atoms with Crippen molar-refractivity contribution in [3.63, 3.8) is 0 Å². The number of hydrogen-bond donors (Lipinski definition) is 3. The number of benzene rings is 2. The van der Waals surface area contributed by atoms with Crippen LogP contribution in [0.1, 0.15) is 55.8 Å². The smallest absolute Gasteiger partial charge is 0.225 e. The Hall–Kier alpha value is -3.72. The molecule has 3 N–H and O–H groups in total. The molecule has 2 aliphatic rings. The molecule has 0 radical (unpaired) electrons. The van der Waals surface area contributed by atoms with Crippen LogP contribution < -0.4 is 15.4 Å². The minimum absolute atomic E-state index is 0.106. The Morgan fingerprint density at radius 1 is 1.08 bits per heavy atom. The van der Waals surface area contributed by atoms with Crippen molar-refractivity contribution in [2.75, 3.05) is 36.9 Å². The van der Waals surface area contributed by atoms with E-state index in [9.17, 15) is 4.39 Å². The van der Waals surface area contributed by atoms with E-state index >= 15 is 0 Å². The van der Waals surface area contributed by atoms with Crippen LogP contribution in [0.2, 0.25) is 0 Å². The molecule has 1 aliphatic heterocycles. The summed E-state index contributed by atoms with van der Waals surface area (Å²) in [7, 11) is 0. The van der Waals surface area contributed by atoms with Crippen LogP contribution in [-0.2, 0) is 0 Å². The third-order valence-electron chi connectivity index (χ3n) is 7.12. The fraction of sp³-hybridized carbons (Fsp3) is 0.393. The highest BCUT2D eigenvalue weighted by Gasteiger charge is 2.25. The van der Waals surface area contributed by atoms with Gasteiger partial charge in [0.05, 0.1) is 11.6 Å². The Bertz CT molecular complexity index is 1360. The molecule has 2 fully saturated rings. The van der Waals surface area contributed by atoms with Gasteiger partial charge in [-0.05, 0) is 81.6 Å². The van der Waals surface area contributed by atoms with Crippen molar-refractivity contribution in [1.29, 1.82) is 0 Å². The molecule has 1 saturated carbocycles. The zero-order chi connectivity index (χ0) is 25.2. The number of halogens is 1. The fourth-order valence-corrected chi connectivity index (χ4v) is 4.81. The lowest BCUT2D eigenvalue weighted by Gasteiger charge is -2.17. The molecule has 1 atom stereocenters. The molecular formula is C28H32FN7O. The van der Waals surface area contributed by atoms with Crippen molar-refractivity contribution < 1.29 is 9.13 Å². The molecule has 6 rings (SSSR count). The molecule has 2 aromatic heterocycles. The molecule has 9 heteroatoms. The molecule has 192 valence electrons. The van der Waals surface area contributed by atoms with E-state index < -0.39 is 0 Å². The number of anilines is 3. The van der Waals surface area contributed by atoms with Gasteiger partial charge in [-0.25, -0.2) is 9.37 Å². The van der Waals surface area contributed by atoms with E-state index in [0.717, 1.165) is 53.4 Å². The first kappa shape index (κ1) is 23.7. The molecule has 37 heavy (non-hydrogen) atoms. The Labute approximate surface area is 215 Å². The fourth-order valence-electron chi connectivity index (χ4n) is 4.81. The summed E-state index contributed by atoms with van der Waals surface area (Å²) in [6, 6.07) is 14.3. The molecule has 0 amide bonds. The van der Waals surface area contributed by atoms with Crippen molar-refractivity contribution in [2.24, 2.45) is 0 Å². The minimum atomic E-state index is -0.257. The third-order valence-corrected chi connectivity index (χ3v) is 7.12. The average molecular weight is 502 g/mol. The first-order valence-corrected chi connectivity index (χ1v) is 13.1. The second kappa shape index (κ2) is 10.3. The summed E-state index contributed by atoms with van der Waals surface area (Å²) in [6.45, 7) is 5.89. The van der Waals surface area contributed by atoms with Crippen molar-refractivity contribution in [3.05, 3.63) is 65.6 Å². The lowest BCUT2D eigenvalue weighted by atomic mass is 10.1. The third kappa shape index (κ3) is 5.67. The number of ether oxygens (including phenoxy) is 1. The quantitative estimate of drug-likeness (QED) is 0.254. The standard InChI is InChI=1S/C28H32FN7O/c1-18(19-6-8-21(29)9-7-19)30-28-31-24-11-10-22(37-15-14-36-12-2-3-13-36)16-23(24)27(33-28)32-26-17-25(34-35-26)20-4-5-20/h6-11,16-18,20H,2-5,12-15H2,1H3,(H3,30,31,32,33,34,35)/t18-/m0/s1. The number of hydrogen-bond acceptors (Lipinski definition) is 7. The normalized spacial score (nSPS) is 16.7.